The number of carbonyl (C=O) groups is 1. The fraction of sp³-hybridized carbons (Fsp3) is 0.261. The minimum atomic E-state index is -2.15. The third-order valence-corrected chi connectivity index (χ3v) is 6.35. The van der Waals surface area contributed by atoms with Crippen LogP contribution in [-0.2, 0) is 23.8 Å². The average Bonchev–Trinajstić information content (AvgIpc) is 3.25. The smallest absolute Gasteiger partial charge is 0.251 e. The van der Waals surface area contributed by atoms with Crippen LogP contribution in [0, 0.1) is 11.6 Å². The Hall–Kier alpha value is -3.13. The van der Waals surface area contributed by atoms with E-state index in [-0.39, 0.29) is 22.4 Å². The highest BCUT2D eigenvalue weighted by Crippen LogP contribution is 2.39. The van der Waals surface area contributed by atoms with Gasteiger partial charge in [-0.15, -0.1) is 0 Å². The van der Waals surface area contributed by atoms with E-state index in [9.17, 15) is 9.90 Å². The molecule has 0 fully saturated rings. The van der Waals surface area contributed by atoms with E-state index in [4.69, 9.17) is 31.4 Å². The van der Waals surface area contributed by atoms with Gasteiger partial charge in [0.15, 0.2) is 0 Å². The van der Waals surface area contributed by atoms with Gasteiger partial charge in [0.25, 0.3) is 5.91 Å². The minimum Gasteiger partial charge on any atom is -0.405 e. The number of hydrogen-bond acceptors (Lipinski definition) is 4. The van der Waals surface area contributed by atoms with Crippen molar-refractivity contribution < 1.29 is 18.7 Å². The number of aromatic nitrogens is 2. The highest BCUT2D eigenvalue weighted by Gasteiger charge is 2.44. The summed E-state index contributed by atoms with van der Waals surface area (Å²) in [5, 5.41) is 10.9. The molecule has 0 spiro atoms. The number of halogens is 2. The molecule has 5 rings (SSSR count). The van der Waals surface area contributed by atoms with E-state index in [2.05, 4.69) is 10.1 Å². The number of aliphatic hydroxyl groups is 1. The Balaban J connectivity index is 1.54. The highest BCUT2D eigenvalue weighted by atomic mass is 19.1. The third kappa shape index (κ3) is 3.75. The number of aryl methyl sites for hydroxylation is 1. The van der Waals surface area contributed by atoms with Crippen LogP contribution in [0.25, 0.3) is 22.0 Å². The van der Waals surface area contributed by atoms with E-state index < -0.39 is 34.8 Å². The molecule has 166 valence electrons. The van der Waals surface area contributed by atoms with Crippen molar-refractivity contribution in [1.29, 1.82) is 0 Å². The first-order valence-electron chi connectivity index (χ1n) is 10.8. The van der Waals surface area contributed by atoms with Gasteiger partial charge in [-0.05, 0) is 41.7 Å². The summed E-state index contributed by atoms with van der Waals surface area (Å²) in [7, 11) is 25.3. The normalized spacial score (nSPS) is 17.5. The van der Waals surface area contributed by atoms with Gasteiger partial charge >= 0.3 is 0 Å². The van der Waals surface area contributed by atoms with E-state index in [1.165, 1.54) is 10.7 Å². The van der Waals surface area contributed by atoms with E-state index in [1.54, 1.807) is 25.5 Å². The Kier molecular flexibility index (Phi) is 5.36. The Labute approximate surface area is 205 Å². The van der Waals surface area contributed by atoms with Gasteiger partial charge in [-0.2, -0.15) is 5.10 Å². The molecule has 1 aromatic heterocycles. The van der Waals surface area contributed by atoms with Gasteiger partial charge in [0.2, 0.25) is 0 Å². The van der Waals surface area contributed by atoms with E-state index >= 15 is 8.78 Å². The zero-order valence-electron chi connectivity index (χ0n) is 18.8. The van der Waals surface area contributed by atoms with Crippen LogP contribution in [0.4, 0.5) is 8.78 Å². The van der Waals surface area contributed by atoms with Gasteiger partial charge in [0.05, 0.1) is 33.5 Å². The van der Waals surface area contributed by atoms with Crippen molar-refractivity contribution in [3.63, 3.8) is 0 Å². The van der Waals surface area contributed by atoms with Crippen LogP contribution in [0.1, 0.15) is 24.0 Å². The molecule has 8 radical (unpaired) electrons. The monoisotopic (exact) mass is 462 g/mol. The number of fused-ring (bicyclic) bond motifs is 1. The zero-order chi connectivity index (χ0) is 25.3. The highest BCUT2D eigenvalue weighted by molar-refractivity contribution is 6.45. The van der Waals surface area contributed by atoms with Crippen LogP contribution in [0.5, 0.6) is 0 Å². The molecule has 0 bridgehead atoms. The quantitative estimate of drug-likeness (QED) is 0.598. The molecule has 3 heterocycles. The molecule has 2 aromatic carbocycles. The summed E-state index contributed by atoms with van der Waals surface area (Å²) < 4.78 is 32.0. The molecular weight excluding hydrogens is 446 g/mol. The standard InChI is InChI=1S/C23H16B4F2N4O2/c1-32-9-14-12(4-5-16(19(14)31-32)23(26,27)35)11-7-17(28)15(18(29)8-11)10-33-21(34)13-3-2-6-30-20(13)22(33,24)25/h4-9,35H,2-3,10H2,1H3. The molecular formula is C23H16B4F2N4O2. The molecule has 1 amide bonds. The lowest BCUT2D eigenvalue weighted by Crippen LogP contribution is -2.49. The first-order valence-corrected chi connectivity index (χ1v) is 10.8. The summed E-state index contributed by atoms with van der Waals surface area (Å²) in [4.78, 5) is 18.0. The maximum Gasteiger partial charge on any atom is 0.251 e. The second-order valence-corrected chi connectivity index (χ2v) is 8.86. The van der Waals surface area contributed by atoms with Crippen LogP contribution in [-0.4, -0.2) is 68.6 Å². The molecule has 0 unspecified atom stereocenters. The SMILES string of the molecule is [B]C([B])(O)c1ccc(-c2cc(F)c(CN3C(=O)C4=C(N=CCC4)C3([B])[B])c(F)c2)c2cn(C)nc12. The zero-order valence-corrected chi connectivity index (χ0v) is 18.8. The van der Waals surface area contributed by atoms with Gasteiger partial charge in [0.1, 0.15) is 27.3 Å². The van der Waals surface area contributed by atoms with Crippen molar-refractivity contribution in [2.24, 2.45) is 12.0 Å². The molecule has 1 N–H and O–H groups in total. The third-order valence-electron chi connectivity index (χ3n) is 6.35. The van der Waals surface area contributed by atoms with Crippen LogP contribution >= 0.6 is 0 Å². The molecule has 0 saturated heterocycles. The summed E-state index contributed by atoms with van der Waals surface area (Å²) >= 11 is 0. The number of amides is 1. The van der Waals surface area contributed by atoms with Crippen molar-refractivity contribution in [1.82, 2.24) is 14.7 Å². The summed E-state index contributed by atoms with van der Waals surface area (Å²) in [6.07, 6.45) is 4.20. The number of hydrogen-bond donors (Lipinski definition) is 1. The lowest BCUT2D eigenvalue weighted by atomic mass is 9.59. The second kappa shape index (κ2) is 7.95. The van der Waals surface area contributed by atoms with E-state index in [0.29, 0.717) is 34.9 Å². The topological polar surface area (TPSA) is 70.7 Å². The van der Waals surface area contributed by atoms with Crippen molar-refractivity contribution in [3.05, 3.63) is 64.5 Å². The molecule has 0 saturated carbocycles. The maximum absolute atomic E-state index is 15.3. The van der Waals surface area contributed by atoms with Gasteiger partial charge in [0, 0.05) is 46.7 Å². The minimum absolute atomic E-state index is 0.156. The number of aliphatic imine (C=N–C) groups is 1. The Morgan fingerprint density at radius 2 is 1.89 bits per heavy atom. The number of nitrogens with zero attached hydrogens (tertiary/aromatic N) is 4. The lowest BCUT2D eigenvalue weighted by Gasteiger charge is -2.34. The van der Waals surface area contributed by atoms with Gasteiger partial charge < -0.3 is 10.0 Å². The predicted octanol–water partition coefficient (Wildman–Crippen LogP) is 1.41. The molecule has 6 nitrogen and oxygen atoms in total. The first kappa shape index (κ1) is 23.6. The molecule has 35 heavy (non-hydrogen) atoms. The van der Waals surface area contributed by atoms with Crippen molar-refractivity contribution >= 4 is 54.4 Å². The first-order chi connectivity index (χ1) is 16.4. The Morgan fingerprint density at radius 1 is 1.20 bits per heavy atom. The largest absolute Gasteiger partial charge is 0.405 e. The fourth-order valence-electron chi connectivity index (χ4n) is 4.64. The fourth-order valence-corrected chi connectivity index (χ4v) is 4.64. The van der Waals surface area contributed by atoms with Crippen LogP contribution in [0.3, 0.4) is 0 Å². The van der Waals surface area contributed by atoms with Gasteiger partial charge in [-0.25, -0.2) is 8.78 Å². The maximum atomic E-state index is 15.3. The summed E-state index contributed by atoms with van der Waals surface area (Å²) in [5.74, 6) is -2.26. The number of carbonyl (C=O) groups excluding carboxylic acids is 1. The number of benzene rings is 2. The molecule has 2 aliphatic rings. The Morgan fingerprint density at radius 3 is 2.51 bits per heavy atom. The molecule has 12 heteroatoms. The lowest BCUT2D eigenvalue weighted by molar-refractivity contribution is -0.127. The summed E-state index contributed by atoms with van der Waals surface area (Å²) in [5.41, 5.74) is 1.32. The molecule has 0 aliphatic carbocycles. The van der Waals surface area contributed by atoms with Crippen molar-refractivity contribution in [2.75, 3.05) is 0 Å². The molecule has 2 aliphatic heterocycles. The summed E-state index contributed by atoms with van der Waals surface area (Å²) in [6, 6.07) is 5.29. The van der Waals surface area contributed by atoms with E-state index in [1.807, 2.05) is 0 Å². The van der Waals surface area contributed by atoms with Crippen LogP contribution in [0.2, 0.25) is 0 Å². The molecule has 0 atom stereocenters. The second-order valence-electron chi connectivity index (χ2n) is 8.86. The van der Waals surface area contributed by atoms with Crippen molar-refractivity contribution in [2.45, 2.75) is 30.1 Å². The Bertz CT molecular complexity index is 1440. The average molecular weight is 462 g/mol. The van der Waals surface area contributed by atoms with Crippen LogP contribution < -0.4 is 0 Å². The van der Waals surface area contributed by atoms with Crippen molar-refractivity contribution in [3.8, 4) is 11.1 Å². The number of rotatable bonds is 4. The van der Waals surface area contributed by atoms with Gasteiger partial charge in [-0.1, -0.05) is 12.1 Å². The summed E-state index contributed by atoms with van der Waals surface area (Å²) in [6.45, 7) is -0.471. The predicted molar refractivity (Wildman–Crippen MR) is 131 cm³/mol. The van der Waals surface area contributed by atoms with E-state index in [0.717, 1.165) is 17.0 Å². The van der Waals surface area contributed by atoms with Gasteiger partial charge in [-0.3, -0.25) is 14.5 Å². The molecule has 3 aromatic rings. The van der Waals surface area contributed by atoms with Crippen LogP contribution in [0.15, 0.2) is 46.7 Å².